The molecule has 0 saturated carbocycles. The molecule has 6 heteroatoms. The largest absolute Gasteiger partial charge is 0.476 e. The van der Waals surface area contributed by atoms with Gasteiger partial charge in [-0.15, -0.1) is 0 Å². The van der Waals surface area contributed by atoms with Gasteiger partial charge < -0.3 is 9.84 Å². The van der Waals surface area contributed by atoms with E-state index < -0.39 is 11.9 Å². The lowest BCUT2D eigenvalue weighted by molar-refractivity contribution is 0.0682. The van der Waals surface area contributed by atoms with Gasteiger partial charge in [0.1, 0.15) is 5.75 Å². The molecule has 0 saturated heterocycles. The summed E-state index contributed by atoms with van der Waals surface area (Å²) in [7, 11) is 0. The average Bonchev–Trinajstić information content (AvgIpc) is 2.39. The van der Waals surface area contributed by atoms with Crippen LogP contribution in [0.1, 0.15) is 26.5 Å². The number of carbonyl (C=O) groups excluding carboxylic acids is 1. The predicted molar refractivity (Wildman–Crippen MR) is 65.1 cm³/mol. The molecule has 0 fully saturated rings. The maximum Gasteiger partial charge on any atom is 0.363 e. The van der Waals surface area contributed by atoms with Crippen molar-refractivity contribution >= 4 is 11.9 Å². The Labute approximate surface area is 108 Å². The van der Waals surface area contributed by atoms with E-state index in [-0.39, 0.29) is 11.4 Å². The zero-order valence-electron chi connectivity index (χ0n) is 10.0. The van der Waals surface area contributed by atoms with Crippen LogP contribution in [0.2, 0.25) is 0 Å². The predicted octanol–water partition coefficient (Wildman–Crippen LogP) is 1.70. The highest BCUT2D eigenvalue weighted by molar-refractivity contribution is 5.90. The number of benzene rings is 1. The lowest BCUT2D eigenvalue weighted by atomic mass is 10.2. The van der Waals surface area contributed by atoms with Crippen LogP contribution in [-0.2, 0) is 0 Å². The molecule has 0 bridgehead atoms. The van der Waals surface area contributed by atoms with Gasteiger partial charge in [-0.25, -0.2) is 19.6 Å². The number of nitrogens with zero attached hydrogens (tertiary/aromatic N) is 2. The van der Waals surface area contributed by atoms with Gasteiger partial charge in [0.05, 0.1) is 12.4 Å². The van der Waals surface area contributed by atoms with E-state index in [1.54, 1.807) is 18.2 Å². The van der Waals surface area contributed by atoms with E-state index in [9.17, 15) is 9.59 Å². The zero-order chi connectivity index (χ0) is 13.8. The highest BCUT2D eigenvalue weighted by Crippen LogP contribution is 2.13. The molecule has 96 valence electrons. The Hall–Kier alpha value is -2.76. The second-order valence-electron chi connectivity index (χ2n) is 3.80. The molecule has 1 heterocycles. The molecular formula is C13H10N2O4. The van der Waals surface area contributed by atoms with E-state index in [1.165, 1.54) is 0 Å². The average molecular weight is 258 g/mol. The molecule has 0 aliphatic carbocycles. The van der Waals surface area contributed by atoms with Gasteiger partial charge in [0.2, 0.25) is 0 Å². The van der Waals surface area contributed by atoms with Crippen molar-refractivity contribution in [2.75, 3.05) is 0 Å². The summed E-state index contributed by atoms with van der Waals surface area (Å²) in [6, 6.07) is 6.98. The SMILES string of the molecule is Cc1cccc(OC(=O)c2cnc(C(=O)O)cn2)c1. The van der Waals surface area contributed by atoms with E-state index in [2.05, 4.69) is 9.97 Å². The summed E-state index contributed by atoms with van der Waals surface area (Å²) in [4.78, 5) is 29.6. The summed E-state index contributed by atoms with van der Waals surface area (Å²) in [6.07, 6.45) is 2.08. The van der Waals surface area contributed by atoms with Crippen LogP contribution in [0.4, 0.5) is 0 Å². The summed E-state index contributed by atoms with van der Waals surface area (Å²) in [5.74, 6) is -1.49. The quantitative estimate of drug-likeness (QED) is 0.665. The van der Waals surface area contributed by atoms with Gasteiger partial charge >= 0.3 is 11.9 Å². The Morgan fingerprint density at radius 3 is 2.42 bits per heavy atom. The minimum atomic E-state index is -1.20. The second-order valence-corrected chi connectivity index (χ2v) is 3.80. The molecule has 0 aliphatic rings. The lowest BCUT2D eigenvalue weighted by Crippen LogP contribution is -2.12. The standard InChI is InChI=1S/C13H10N2O4/c1-8-3-2-4-9(5-8)19-13(18)11-7-14-10(6-15-11)12(16)17/h2-7H,1H3,(H,16,17). The molecule has 0 amide bonds. The number of aromatic nitrogens is 2. The highest BCUT2D eigenvalue weighted by atomic mass is 16.5. The van der Waals surface area contributed by atoms with E-state index in [4.69, 9.17) is 9.84 Å². The molecule has 2 aromatic rings. The number of esters is 1. The lowest BCUT2D eigenvalue weighted by Gasteiger charge is -2.04. The first kappa shape index (κ1) is 12.7. The van der Waals surface area contributed by atoms with Crippen LogP contribution in [0.15, 0.2) is 36.7 Å². The van der Waals surface area contributed by atoms with E-state index in [1.807, 2.05) is 13.0 Å². The van der Waals surface area contributed by atoms with Gasteiger partial charge in [-0.1, -0.05) is 12.1 Å². The molecule has 1 N–H and O–H groups in total. The number of rotatable bonds is 3. The Bertz CT molecular complexity index is 623. The first-order chi connectivity index (χ1) is 9.06. The van der Waals surface area contributed by atoms with Crippen molar-refractivity contribution in [1.29, 1.82) is 0 Å². The zero-order valence-corrected chi connectivity index (χ0v) is 10.0. The maximum absolute atomic E-state index is 11.7. The first-order valence-electron chi connectivity index (χ1n) is 5.40. The fourth-order valence-electron chi connectivity index (χ4n) is 1.38. The Balaban J connectivity index is 2.14. The third-order valence-corrected chi connectivity index (χ3v) is 2.28. The fourth-order valence-corrected chi connectivity index (χ4v) is 1.38. The molecular weight excluding hydrogens is 248 g/mol. The van der Waals surface area contributed by atoms with Crippen molar-refractivity contribution in [3.05, 3.63) is 53.6 Å². The highest BCUT2D eigenvalue weighted by Gasteiger charge is 2.12. The summed E-state index contributed by atoms with van der Waals surface area (Å²) >= 11 is 0. The van der Waals surface area contributed by atoms with Crippen LogP contribution in [0.5, 0.6) is 5.75 Å². The molecule has 0 unspecified atom stereocenters. The number of aryl methyl sites for hydroxylation is 1. The molecule has 0 aliphatic heterocycles. The summed E-state index contributed by atoms with van der Waals surface area (Å²) in [5.41, 5.74) is 0.677. The van der Waals surface area contributed by atoms with Crippen LogP contribution in [0, 0.1) is 6.92 Å². The number of carboxylic acid groups (broad SMARTS) is 1. The topological polar surface area (TPSA) is 89.4 Å². The minimum Gasteiger partial charge on any atom is -0.476 e. The van der Waals surface area contributed by atoms with Gasteiger partial charge in [0, 0.05) is 0 Å². The number of aromatic carboxylic acids is 1. The van der Waals surface area contributed by atoms with Gasteiger partial charge in [-0.05, 0) is 24.6 Å². The third-order valence-electron chi connectivity index (χ3n) is 2.28. The molecule has 0 radical (unpaired) electrons. The van der Waals surface area contributed by atoms with Gasteiger partial charge in [-0.2, -0.15) is 0 Å². The third kappa shape index (κ3) is 3.12. The number of carbonyl (C=O) groups is 2. The number of ether oxygens (including phenoxy) is 1. The first-order valence-corrected chi connectivity index (χ1v) is 5.40. The van der Waals surface area contributed by atoms with Crippen LogP contribution in [-0.4, -0.2) is 27.0 Å². The second kappa shape index (κ2) is 5.26. The van der Waals surface area contributed by atoms with Crippen molar-refractivity contribution < 1.29 is 19.4 Å². The molecule has 1 aromatic carbocycles. The van der Waals surface area contributed by atoms with Crippen LogP contribution < -0.4 is 4.74 Å². The molecule has 2 rings (SSSR count). The molecule has 19 heavy (non-hydrogen) atoms. The van der Waals surface area contributed by atoms with Crippen molar-refractivity contribution in [3.8, 4) is 5.75 Å². The van der Waals surface area contributed by atoms with E-state index in [0.717, 1.165) is 18.0 Å². The van der Waals surface area contributed by atoms with Crippen molar-refractivity contribution in [2.24, 2.45) is 0 Å². The van der Waals surface area contributed by atoms with Crippen LogP contribution in [0.25, 0.3) is 0 Å². The van der Waals surface area contributed by atoms with Crippen molar-refractivity contribution in [2.45, 2.75) is 6.92 Å². The van der Waals surface area contributed by atoms with Gasteiger partial charge in [0.25, 0.3) is 0 Å². The fraction of sp³-hybridized carbons (Fsp3) is 0.0769. The maximum atomic E-state index is 11.7. The Morgan fingerprint density at radius 1 is 1.16 bits per heavy atom. The number of carboxylic acids is 1. The molecule has 0 spiro atoms. The Morgan fingerprint density at radius 2 is 1.84 bits per heavy atom. The number of hydrogen-bond donors (Lipinski definition) is 1. The molecule has 0 atom stereocenters. The van der Waals surface area contributed by atoms with Crippen LogP contribution in [0.3, 0.4) is 0 Å². The minimum absolute atomic E-state index is 0.0495. The normalized spacial score (nSPS) is 9.95. The van der Waals surface area contributed by atoms with Gasteiger partial charge in [0.15, 0.2) is 11.4 Å². The summed E-state index contributed by atoms with van der Waals surface area (Å²) < 4.78 is 5.09. The van der Waals surface area contributed by atoms with Crippen LogP contribution >= 0.6 is 0 Å². The van der Waals surface area contributed by atoms with E-state index in [0.29, 0.717) is 5.75 Å². The Kier molecular flexibility index (Phi) is 3.51. The monoisotopic (exact) mass is 258 g/mol. The van der Waals surface area contributed by atoms with Crippen molar-refractivity contribution in [1.82, 2.24) is 9.97 Å². The molecule has 6 nitrogen and oxygen atoms in total. The van der Waals surface area contributed by atoms with Gasteiger partial charge in [-0.3, -0.25) is 0 Å². The molecule has 1 aromatic heterocycles. The summed E-state index contributed by atoms with van der Waals surface area (Å²) in [6.45, 7) is 1.87. The van der Waals surface area contributed by atoms with Crippen molar-refractivity contribution in [3.63, 3.8) is 0 Å². The summed E-state index contributed by atoms with van der Waals surface area (Å²) in [5, 5.41) is 8.66. The smallest absolute Gasteiger partial charge is 0.363 e. The number of hydrogen-bond acceptors (Lipinski definition) is 5. The van der Waals surface area contributed by atoms with E-state index >= 15 is 0 Å².